The van der Waals surface area contributed by atoms with Gasteiger partial charge in [-0.15, -0.1) is 0 Å². The number of rotatable bonds is 24. The summed E-state index contributed by atoms with van der Waals surface area (Å²) in [5.41, 5.74) is 5.55. The summed E-state index contributed by atoms with van der Waals surface area (Å²) in [5.74, 6) is -1.84. The first-order valence-corrected chi connectivity index (χ1v) is 20.6. The molecule has 290 valence electrons. The van der Waals surface area contributed by atoms with Crippen LogP contribution in [-0.2, 0) is 4.79 Å². The third kappa shape index (κ3) is 13.7. The molecule has 0 amide bonds. The van der Waals surface area contributed by atoms with E-state index in [2.05, 4.69) is 80.8 Å². The first-order chi connectivity index (χ1) is 25.8. The minimum atomic E-state index is -0.938. The van der Waals surface area contributed by atoms with Crippen molar-refractivity contribution in [1.82, 2.24) is 0 Å². The van der Waals surface area contributed by atoms with E-state index in [1.165, 1.54) is 83.5 Å². The van der Waals surface area contributed by atoms with Crippen molar-refractivity contribution in [2.24, 2.45) is 0 Å². The van der Waals surface area contributed by atoms with Crippen LogP contribution >= 0.6 is 0 Å². The normalized spacial score (nSPS) is 11.0. The standard InChI is InChI=1S/C28H30N2O3.C18H36O2/c1-5-29(6-2)19-13-15-23-25(17-19)33-26-18-20(30(7-3)8-4)14-16-24(26)27(23)21-11-9-10-12-22(21)28(31)32;1-2-3-4-5-6-7-8-9-10-11-12-13-14-15-16-17-18(19)20/h9-18H,5-8H2,1-4H3;2-17H2,1H3,(H,19,20). The van der Waals surface area contributed by atoms with Crippen LogP contribution in [0.25, 0.3) is 33.1 Å². The maximum Gasteiger partial charge on any atom is 0.363 e. The van der Waals surface area contributed by atoms with Gasteiger partial charge in [-0.2, -0.15) is 0 Å². The number of benzene rings is 3. The molecule has 0 aliphatic rings. The maximum absolute atomic E-state index is 12.1. The SMILES string of the molecule is CCCCCCCCCCCCCCCCCC(=O)[O-].CCN(CC)c1ccc2c(-c3ccccc3C(=O)O)c3ccc(N(CC)CC)cc3[o+]c2c1. The van der Waals surface area contributed by atoms with Crippen molar-refractivity contribution < 1.29 is 24.2 Å². The first-order valence-electron chi connectivity index (χ1n) is 20.6. The summed E-state index contributed by atoms with van der Waals surface area (Å²) in [7, 11) is 0. The highest BCUT2D eigenvalue weighted by molar-refractivity contribution is 6.12. The molecule has 0 aliphatic heterocycles. The lowest BCUT2D eigenvalue weighted by molar-refractivity contribution is -0.305. The minimum Gasteiger partial charge on any atom is -0.550 e. The van der Waals surface area contributed by atoms with Gasteiger partial charge < -0.3 is 24.8 Å². The topological polar surface area (TPSA) is 95.2 Å². The predicted molar refractivity (Wildman–Crippen MR) is 222 cm³/mol. The van der Waals surface area contributed by atoms with Crippen molar-refractivity contribution in [3.63, 3.8) is 0 Å². The van der Waals surface area contributed by atoms with Gasteiger partial charge in [0.25, 0.3) is 0 Å². The molecule has 0 aliphatic carbocycles. The fourth-order valence-corrected chi connectivity index (χ4v) is 7.26. The third-order valence-electron chi connectivity index (χ3n) is 10.4. The van der Waals surface area contributed by atoms with Crippen LogP contribution in [-0.4, -0.2) is 43.2 Å². The fourth-order valence-electron chi connectivity index (χ4n) is 7.26. The molecule has 0 unspecified atom stereocenters. The molecular weight excluding hydrogens is 661 g/mol. The van der Waals surface area contributed by atoms with E-state index < -0.39 is 11.9 Å². The number of carbonyl (C=O) groups is 2. The lowest BCUT2D eigenvalue weighted by Gasteiger charge is -2.21. The van der Waals surface area contributed by atoms with Crippen LogP contribution in [0, 0.1) is 0 Å². The average Bonchev–Trinajstić information content (AvgIpc) is 3.16. The number of aliphatic carboxylic acids is 1. The van der Waals surface area contributed by atoms with Crippen molar-refractivity contribution in [2.45, 2.75) is 137 Å². The summed E-state index contributed by atoms with van der Waals surface area (Å²) in [5, 5.41) is 21.9. The minimum absolute atomic E-state index is 0.234. The van der Waals surface area contributed by atoms with Crippen LogP contribution in [0.2, 0.25) is 0 Å². The summed E-state index contributed by atoms with van der Waals surface area (Å²) in [6.07, 6.45) is 19.9. The number of unbranched alkanes of at least 4 members (excludes halogenated alkanes) is 14. The van der Waals surface area contributed by atoms with Gasteiger partial charge >= 0.3 is 17.1 Å². The molecule has 1 aromatic heterocycles. The second-order valence-electron chi connectivity index (χ2n) is 14.1. The zero-order valence-electron chi connectivity index (χ0n) is 33.4. The molecule has 4 rings (SSSR count). The van der Waals surface area contributed by atoms with Crippen LogP contribution in [0.5, 0.6) is 0 Å². The summed E-state index contributed by atoms with van der Waals surface area (Å²) < 4.78 is 6.47. The van der Waals surface area contributed by atoms with Crippen LogP contribution < -0.4 is 14.9 Å². The Hall–Kier alpha value is -4.13. The smallest absolute Gasteiger partial charge is 0.363 e. The molecule has 0 fully saturated rings. The van der Waals surface area contributed by atoms with E-state index >= 15 is 0 Å². The molecule has 53 heavy (non-hydrogen) atoms. The number of fused-ring (bicyclic) bond motifs is 2. The maximum atomic E-state index is 12.1. The zero-order valence-corrected chi connectivity index (χ0v) is 33.4. The highest BCUT2D eigenvalue weighted by Gasteiger charge is 2.25. The number of carboxylic acids is 2. The highest BCUT2D eigenvalue weighted by atomic mass is 16.4. The molecule has 7 nitrogen and oxygen atoms in total. The van der Waals surface area contributed by atoms with E-state index in [-0.39, 0.29) is 12.0 Å². The van der Waals surface area contributed by atoms with E-state index in [9.17, 15) is 19.8 Å². The van der Waals surface area contributed by atoms with E-state index in [1.807, 2.05) is 12.1 Å². The molecule has 0 radical (unpaired) electrons. The van der Waals surface area contributed by atoms with Gasteiger partial charge in [-0.05, 0) is 76.4 Å². The Labute approximate surface area is 319 Å². The first kappa shape index (κ1) is 43.3. The fraction of sp³-hybridized carbons (Fsp3) is 0.543. The number of anilines is 2. The van der Waals surface area contributed by atoms with Gasteiger partial charge in [0.1, 0.15) is 0 Å². The third-order valence-corrected chi connectivity index (χ3v) is 10.4. The van der Waals surface area contributed by atoms with Crippen molar-refractivity contribution in [3.05, 3.63) is 66.2 Å². The quantitative estimate of drug-likeness (QED) is 0.0436. The van der Waals surface area contributed by atoms with Crippen molar-refractivity contribution in [2.75, 3.05) is 36.0 Å². The summed E-state index contributed by atoms with van der Waals surface area (Å²) in [6, 6.07) is 19.6. The number of aromatic carboxylic acids is 1. The second-order valence-corrected chi connectivity index (χ2v) is 14.1. The molecule has 0 spiro atoms. The number of nitrogens with zero attached hydrogens (tertiary/aromatic N) is 2. The Balaban J connectivity index is 0.000000327. The lowest BCUT2D eigenvalue weighted by atomic mass is 9.93. The second kappa shape index (κ2) is 24.2. The number of carboxylic acid groups (broad SMARTS) is 2. The Bertz CT molecular complexity index is 1610. The molecule has 0 bridgehead atoms. The van der Waals surface area contributed by atoms with Gasteiger partial charge in [0.05, 0.1) is 28.5 Å². The van der Waals surface area contributed by atoms with Gasteiger partial charge in [-0.25, -0.2) is 9.21 Å². The van der Waals surface area contributed by atoms with E-state index in [0.29, 0.717) is 5.56 Å². The number of hydrogen-bond acceptors (Lipinski definition) is 5. The molecule has 3 aromatic carbocycles. The largest absolute Gasteiger partial charge is 0.550 e. The summed E-state index contributed by atoms with van der Waals surface area (Å²) in [6.45, 7) is 14.4. The van der Waals surface area contributed by atoms with Crippen LogP contribution in [0.4, 0.5) is 11.4 Å². The predicted octanol–water partition coefficient (Wildman–Crippen LogP) is 11.9. The molecule has 0 atom stereocenters. The average molecular weight is 727 g/mol. The zero-order chi connectivity index (χ0) is 38.4. The number of hydrogen-bond donors (Lipinski definition) is 1. The van der Waals surface area contributed by atoms with Gasteiger partial charge in [-0.1, -0.05) is 115 Å². The monoisotopic (exact) mass is 726 g/mol. The summed E-state index contributed by atoms with van der Waals surface area (Å²) >= 11 is 0. The Kier molecular flexibility index (Phi) is 19.8. The van der Waals surface area contributed by atoms with Gasteiger partial charge in [0.15, 0.2) is 0 Å². The van der Waals surface area contributed by atoms with Gasteiger partial charge in [0, 0.05) is 49.1 Å². The van der Waals surface area contributed by atoms with Gasteiger partial charge in [-0.3, -0.25) is 0 Å². The highest BCUT2D eigenvalue weighted by Crippen LogP contribution is 2.40. The Morgan fingerprint density at radius 2 is 1.00 bits per heavy atom. The van der Waals surface area contributed by atoms with Crippen LogP contribution in [0.3, 0.4) is 0 Å². The van der Waals surface area contributed by atoms with E-state index in [0.717, 1.165) is 77.9 Å². The Morgan fingerprint density at radius 3 is 1.40 bits per heavy atom. The molecule has 0 saturated heterocycles. The molecule has 0 saturated carbocycles. The van der Waals surface area contributed by atoms with Gasteiger partial charge in [0.2, 0.25) is 0 Å². The van der Waals surface area contributed by atoms with E-state index in [1.54, 1.807) is 12.1 Å². The van der Waals surface area contributed by atoms with Crippen molar-refractivity contribution >= 4 is 45.3 Å². The van der Waals surface area contributed by atoms with Crippen LogP contribution in [0.1, 0.15) is 148 Å². The van der Waals surface area contributed by atoms with Crippen molar-refractivity contribution in [1.29, 1.82) is 0 Å². The molecule has 1 N–H and O–H groups in total. The molecule has 1 heterocycles. The van der Waals surface area contributed by atoms with Crippen LogP contribution in [0.15, 0.2) is 65.1 Å². The number of carbonyl (C=O) groups excluding carboxylic acids is 1. The lowest BCUT2D eigenvalue weighted by Crippen LogP contribution is -2.21. The van der Waals surface area contributed by atoms with Crippen molar-refractivity contribution in [3.8, 4) is 11.1 Å². The molecule has 7 heteroatoms. The molecular formula is C46H66N2O5. The van der Waals surface area contributed by atoms with E-state index in [4.69, 9.17) is 4.42 Å². The molecule has 4 aromatic rings. The Morgan fingerprint density at radius 1 is 0.585 bits per heavy atom. The summed E-state index contributed by atoms with van der Waals surface area (Å²) in [4.78, 5) is 26.8.